The summed E-state index contributed by atoms with van der Waals surface area (Å²) < 4.78 is 6.42. The lowest BCUT2D eigenvalue weighted by molar-refractivity contribution is 0.0803. The van der Waals surface area contributed by atoms with Gasteiger partial charge in [0.25, 0.3) is 0 Å². The molecule has 0 radical (unpaired) electrons. The third kappa shape index (κ3) is 2.56. The van der Waals surface area contributed by atoms with E-state index in [0.717, 1.165) is 22.4 Å². The van der Waals surface area contributed by atoms with Crippen molar-refractivity contribution in [3.63, 3.8) is 0 Å². The molecule has 6 nitrogen and oxygen atoms in total. The number of amidine groups is 1. The first kappa shape index (κ1) is 13.1. The van der Waals surface area contributed by atoms with Gasteiger partial charge in [-0.15, -0.1) is 0 Å². The lowest BCUT2D eigenvalue weighted by Crippen LogP contribution is -2.49. The number of anilines is 1. The van der Waals surface area contributed by atoms with Gasteiger partial charge in [0.15, 0.2) is 5.84 Å². The number of nitrogens with two attached hydrogens (primary N) is 1. The Hall–Kier alpha value is -1.34. The van der Waals surface area contributed by atoms with Gasteiger partial charge in [0.2, 0.25) is 0 Å². The highest BCUT2D eigenvalue weighted by Crippen LogP contribution is 2.27. The maximum Gasteiger partial charge on any atom is 0.170 e. The SMILES string of the molecule is Cc1ccnc(N2CCOC(/C(N)=N/O)C2)c1Br. The predicted molar refractivity (Wildman–Crippen MR) is 72.0 cm³/mol. The minimum atomic E-state index is -0.405. The van der Waals surface area contributed by atoms with Crippen molar-refractivity contribution in [2.24, 2.45) is 10.9 Å². The molecule has 3 N–H and O–H groups in total. The quantitative estimate of drug-likeness (QED) is 0.370. The average Bonchev–Trinajstić information content (AvgIpc) is 2.41. The molecule has 2 rings (SSSR count). The molecule has 0 spiro atoms. The van der Waals surface area contributed by atoms with E-state index in [9.17, 15) is 0 Å². The van der Waals surface area contributed by atoms with Crippen LogP contribution in [0.1, 0.15) is 5.56 Å². The normalized spacial score (nSPS) is 21.1. The van der Waals surface area contributed by atoms with Gasteiger partial charge in [-0.2, -0.15) is 0 Å². The lowest BCUT2D eigenvalue weighted by atomic mass is 10.2. The number of ether oxygens (including phenoxy) is 1. The third-order valence-electron chi connectivity index (χ3n) is 2.88. The number of nitrogens with zero attached hydrogens (tertiary/aromatic N) is 3. The van der Waals surface area contributed by atoms with E-state index in [1.54, 1.807) is 6.20 Å². The first-order valence-corrected chi connectivity index (χ1v) is 6.38. The average molecular weight is 315 g/mol. The standard InChI is InChI=1S/C11H15BrN4O2/c1-7-2-3-14-11(9(7)12)16-4-5-18-8(6-16)10(13)15-17/h2-3,8,17H,4-6H2,1H3,(H2,13,15). The number of oxime groups is 1. The fraction of sp³-hybridized carbons (Fsp3) is 0.455. The molecule has 1 aliphatic rings. The minimum Gasteiger partial charge on any atom is -0.409 e. The van der Waals surface area contributed by atoms with Crippen LogP contribution in [0.5, 0.6) is 0 Å². The number of halogens is 1. The summed E-state index contributed by atoms with van der Waals surface area (Å²) in [5, 5.41) is 11.7. The number of rotatable bonds is 2. The van der Waals surface area contributed by atoms with Gasteiger partial charge in [-0.3, -0.25) is 0 Å². The van der Waals surface area contributed by atoms with Gasteiger partial charge in [-0.25, -0.2) is 4.98 Å². The largest absolute Gasteiger partial charge is 0.409 e. The molecule has 1 fully saturated rings. The van der Waals surface area contributed by atoms with Crippen LogP contribution in [0, 0.1) is 6.92 Å². The summed E-state index contributed by atoms with van der Waals surface area (Å²) in [7, 11) is 0. The molecule has 1 aromatic heterocycles. The van der Waals surface area contributed by atoms with Crippen LogP contribution in [0.15, 0.2) is 21.9 Å². The van der Waals surface area contributed by atoms with Crippen LogP contribution in [0.2, 0.25) is 0 Å². The van der Waals surface area contributed by atoms with E-state index in [2.05, 4.69) is 31.0 Å². The number of hydrogen-bond donors (Lipinski definition) is 2. The Morgan fingerprint density at radius 1 is 1.72 bits per heavy atom. The zero-order chi connectivity index (χ0) is 13.1. The maximum atomic E-state index is 8.68. The summed E-state index contributed by atoms with van der Waals surface area (Å²) in [6.07, 6.45) is 1.36. The monoisotopic (exact) mass is 314 g/mol. The molecule has 1 saturated heterocycles. The molecule has 0 aliphatic carbocycles. The molecule has 0 saturated carbocycles. The van der Waals surface area contributed by atoms with Crippen molar-refractivity contribution in [2.75, 3.05) is 24.6 Å². The molecule has 0 aromatic carbocycles. The van der Waals surface area contributed by atoms with E-state index in [1.807, 2.05) is 13.0 Å². The van der Waals surface area contributed by atoms with E-state index >= 15 is 0 Å². The molecular formula is C11H15BrN4O2. The van der Waals surface area contributed by atoms with Crippen LogP contribution in [0.4, 0.5) is 5.82 Å². The van der Waals surface area contributed by atoms with Crippen molar-refractivity contribution in [3.05, 3.63) is 22.3 Å². The summed E-state index contributed by atoms with van der Waals surface area (Å²) in [5.41, 5.74) is 6.69. The second-order valence-electron chi connectivity index (χ2n) is 4.10. The second kappa shape index (κ2) is 5.53. The number of morpholine rings is 1. The van der Waals surface area contributed by atoms with Crippen LogP contribution in [-0.4, -0.2) is 41.8 Å². The Morgan fingerprint density at radius 2 is 2.50 bits per heavy atom. The summed E-state index contributed by atoms with van der Waals surface area (Å²) in [4.78, 5) is 6.42. The van der Waals surface area contributed by atoms with Crippen molar-refractivity contribution in [1.29, 1.82) is 0 Å². The molecule has 1 aromatic rings. The molecule has 0 amide bonds. The molecule has 98 valence electrons. The maximum absolute atomic E-state index is 8.68. The molecular weight excluding hydrogens is 300 g/mol. The third-order valence-corrected chi connectivity index (χ3v) is 3.86. The van der Waals surface area contributed by atoms with Gasteiger partial charge in [-0.1, -0.05) is 5.16 Å². The predicted octanol–water partition coefficient (Wildman–Crippen LogP) is 1.10. The van der Waals surface area contributed by atoms with Gasteiger partial charge in [0.05, 0.1) is 17.6 Å². The highest BCUT2D eigenvalue weighted by Gasteiger charge is 2.26. The summed E-state index contributed by atoms with van der Waals surface area (Å²) in [6.45, 7) is 3.77. The summed E-state index contributed by atoms with van der Waals surface area (Å²) in [6, 6.07) is 1.94. The van der Waals surface area contributed by atoms with Crippen LogP contribution in [0.25, 0.3) is 0 Å². The van der Waals surface area contributed by atoms with Crippen LogP contribution in [0.3, 0.4) is 0 Å². The zero-order valence-corrected chi connectivity index (χ0v) is 11.6. The van der Waals surface area contributed by atoms with E-state index in [0.29, 0.717) is 13.2 Å². The van der Waals surface area contributed by atoms with Crippen LogP contribution < -0.4 is 10.6 Å². The lowest BCUT2D eigenvalue weighted by Gasteiger charge is -2.33. The van der Waals surface area contributed by atoms with Gasteiger partial charge in [0.1, 0.15) is 11.9 Å². The Morgan fingerprint density at radius 3 is 3.22 bits per heavy atom. The molecule has 1 unspecified atom stereocenters. The van der Waals surface area contributed by atoms with Gasteiger partial charge in [0, 0.05) is 12.7 Å². The smallest absolute Gasteiger partial charge is 0.170 e. The van der Waals surface area contributed by atoms with Crippen molar-refractivity contribution in [1.82, 2.24) is 4.98 Å². The van der Waals surface area contributed by atoms with Gasteiger partial charge >= 0.3 is 0 Å². The van der Waals surface area contributed by atoms with Crippen molar-refractivity contribution < 1.29 is 9.94 Å². The summed E-state index contributed by atoms with van der Waals surface area (Å²) >= 11 is 3.53. The van der Waals surface area contributed by atoms with Crippen molar-refractivity contribution in [3.8, 4) is 0 Å². The minimum absolute atomic E-state index is 0.0866. The summed E-state index contributed by atoms with van der Waals surface area (Å²) in [5.74, 6) is 0.942. The first-order chi connectivity index (χ1) is 8.63. The number of aryl methyl sites for hydroxylation is 1. The van der Waals surface area contributed by atoms with E-state index < -0.39 is 6.10 Å². The molecule has 0 bridgehead atoms. The van der Waals surface area contributed by atoms with Gasteiger partial charge < -0.3 is 20.6 Å². The molecule has 1 atom stereocenters. The highest BCUT2D eigenvalue weighted by molar-refractivity contribution is 9.10. The molecule has 2 heterocycles. The Kier molecular flexibility index (Phi) is 4.03. The van der Waals surface area contributed by atoms with Crippen molar-refractivity contribution >= 4 is 27.6 Å². The second-order valence-corrected chi connectivity index (χ2v) is 4.89. The Balaban J connectivity index is 2.21. The Bertz CT molecular complexity index is 466. The first-order valence-electron chi connectivity index (χ1n) is 5.58. The van der Waals surface area contributed by atoms with E-state index in [4.69, 9.17) is 15.7 Å². The molecule has 18 heavy (non-hydrogen) atoms. The van der Waals surface area contributed by atoms with E-state index in [-0.39, 0.29) is 5.84 Å². The molecule has 7 heteroatoms. The topological polar surface area (TPSA) is 84.0 Å². The zero-order valence-electron chi connectivity index (χ0n) is 10.0. The Labute approximate surface area is 114 Å². The molecule has 1 aliphatic heterocycles. The number of hydrogen-bond acceptors (Lipinski definition) is 5. The highest BCUT2D eigenvalue weighted by atomic mass is 79.9. The number of pyridine rings is 1. The fourth-order valence-electron chi connectivity index (χ4n) is 1.83. The van der Waals surface area contributed by atoms with Crippen LogP contribution in [-0.2, 0) is 4.74 Å². The van der Waals surface area contributed by atoms with E-state index in [1.165, 1.54) is 0 Å². The fourth-order valence-corrected chi connectivity index (χ4v) is 2.32. The van der Waals surface area contributed by atoms with Crippen molar-refractivity contribution in [2.45, 2.75) is 13.0 Å². The number of aromatic nitrogens is 1. The van der Waals surface area contributed by atoms with Gasteiger partial charge in [-0.05, 0) is 34.5 Å². The van der Waals surface area contributed by atoms with Crippen LogP contribution >= 0.6 is 15.9 Å².